The third-order valence-electron chi connectivity index (χ3n) is 4.97. The molecule has 182 valence electrons. The van der Waals surface area contributed by atoms with Crippen molar-refractivity contribution >= 4 is 55.7 Å². The number of sulfonamides is 1. The minimum absolute atomic E-state index is 0.00804. The van der Waals surface area contributed by atoms with Gasteiger partial charge in [-0.2, -0.15) is 4.31 Å². The molecule has 1 heterocycles. The van der Waals surface area contributed by atoms with Crippen molar-refractivity contribution < 1.29 is 17.9 Å². The van der Waals surface area contributed by atoms with Gasteiger partial charge in [-0.15, -0.1) is 0 Å². The van der Waals surface area contributed by atoms with Crippen molar-refractivity contribution in [1.29, 1.82) is 0 Å². The minimum Gasteiger partial charge on any atom is -0.492 e. The molecular formula is C23H26Cl2N4O4S. The molecule has 0 spiro atoms. The van der Waals surface area contributed by atoms with Gasteiger partial charge in [0.1, 0.15) is 5.75 Å². The first kappa shape index (κ1) is 26.0. The Morgan fingerprint density at radius 2 is 1.91 bits per heavy atom. The Morgan fingerprint density at radius 3 is 2.65 bits per heavy atom. The highest BCUT2D eigenvalue weighted by atomic mass is 35.5. The number of nitrogens with zero attached hydrogens (tertiary/aromatic N) is 2. The number of pyridine rings is 1. The second-order valence-corrected chi connectivity index (χ2v) is 10.3. The molecule has 2 aromatic carbocycles. The monoisotopic (exact) mass is 524 g/mol. The van der Waals surface area contributed by atoms with E-state index in [2.05, 4.69) is 15.6 Å². The SMILES string of the molecule is CCOc1ccc(S(=O)(=O)N(C)CC(=O)NCCCNc2ccnc3cc(Cl)ccc23)cc1Cl. The third kappa shape index (κ3) is 6.50. The van der Waals surface area contributed by atoms with E-state index in [0.717, 1.165) is 20.9 Å². The lowest BCUT2D eigenvalue weighted by atomic mass is 10.2. The molecule has 3 aromatic rings. The number of hydrogen-bond donors (Lipinski definition) is 2. The number of ether oxygens (including phenoxy) is 1. The van der Waals surface area contributed by atoms with Crippen LogP contribution in [0, 0.1) is 0 Å². The number of benzene rings is 2. The van der Waals surface area contributed by atoms with Crippen LogP contribution >= 0.6 is 23.2 Å². The molecule has 8 nitrogen and oxygen atoms in total. The van der Waals surface area contributed by atoms with Crippen molar-refractivity contribution in [1.82, 2.24) is 14.6 Å². The van der Waals surface area contributed by atoms with Crippen molar-refractivity contribution in [2.45, 2.75) is 18.2 Å². The van der Waals surface area contributed by atoms with E-state index >= 15 is 0 Å². The van der Waals surface area contributed by atoms with Crippen LogP contribution in [-0.2, 0) is 14.8 Å². The zero-order valence-electron chi connectivity index (χ0n) is 18.8. The van der Waals surface area contributed by atoms with E-state index in [-0.39, 0.29) is 16.5 Å². The molecule has 2 N–H and O–H groups in total. The Morgan fingerprint density at radius 1 is 1.12 bits per heavy atom. The van der Waals surface area contributed by atoms with Crippen LogP contribution in [0.25, 0.3) is 10.9 Å². The van der Waals surface area contributed by atoms with Gasteiger partial charge in [0.15, 0.2) is 0 Å². The molecule has 1 amide bonds. The van der Waals surface area contributed by atoms with Crippen LogP contribution in [0.1, 0.15) is 13.3 Å². The Labute approximate surface area is 209 Å². The third-order valence-corrected chi connectivity index (χ3v) is 7.30. The second-order valence-electron chi connectivity index (χ2n) is 7.44. The largest absolute Gasteiger partial charge is 0.492 e. The van der Waals surface area contributed by atoms with Crippen LogP contribution in [0.15, 0.2) is 53.6 Å². The molecule has 0 radical (unpaired) electrons. The summed E-state index contributed by atoms with van der Waals surface area (Å²) in [6, 6.07) is 11.6. The number of carbonyl (C=O) groups excluding carboxylic acids is 1. The lowest BCUT2D eigenvalue weighted by Crippen LogP contribution is -2.38. The van der Waals surface area contributed by atoms with Crippen LogP contribution in [0.2, 0.25) is 10.0 Å². The zero-order chi connectivity index (χ0) is 24.7. The number of fused-ring (bicyclic) bond motifs is 1. The van der Waals surface area contributed by atoms with E-state index < -0.39 is 15.9 Å². The Hall–Kier alpha value is -2.59. The summed E-state index contributed by atoms with van der Waals surface area (Å²) in [5, 5.41) is 7.84. The maximum atomic E-state index is 12.8. The number of aromatic nitrogens is 1. The summed E-state index contributed by atoms with van der Waals surface area (Å²) in [4.78, 5) is 16.6. The summed E-state index contributed by atoms with van der Waals surface area (Å²) < 4.78 is 31.9. The average Bonchev–Trinajstić information content (AvgIpc) is 2.80. The fourth-order valence-corrected chi connectivity index (χ4v) is 4.87. The number of carbonyl (C=O) groups is 1. The first-order valence-electron chi connectivity index (χ1n) is 10.7. The summed E-state index contributed by atoms with van der Waals surface area (Å²) in [5.41, 5.74) is 1.72. The van der Waals surface area contributed by atoms with E-state index in [1.807, 2.05) is 18.2 Å². The van der Waals surface area contributed by atoms with E-state index in [9.17, 15) is 13.2 Å². The first-order chi connectivity index (χ1) is 16.2. The lowest BCUT2D eigenvalue weighted by Gasteiger charge is -2.17. The van der Waals surface area contributed by atoms with Crippen molar-refractivity contribution in [2.24, 2.45) is 0 Å². The number of nitrogens with one attached hydrogen (secondary N) is 2. The lowest BCUT2D eigenvalue weighted by molar-refractivity contribution is -0.121. The molecule has 0 atom stereocenters. The molecule has 1 aromatic heterocycles. The number of halogens is 2. The Balaban J connectivity index is 1.47. The highest BCUT2D eigenvalue weighted by Crippen LogP contribution is 2.28. The highest BCUT2D eigenvalue weighted by Gasteiger charge is 2.24. The van der Waals surface area contributed by atoms with E-state index in [1.54, 1.807) is 19.2 Å². The standard InChI is InChI=1S/C23H26Cl2N4O4S/c1-3-33-22-8-6-17(14-19(22)25)34(31,32)29(2)15-23(30)28-11-4-10-26-20-9-12-27-21-13-16(24)5-7-18(20)21/h5-9,12-14H,3-4,10-11,15H2,1-2H3,(H,26,27)(H,28,30). The zero-order valence-corrected chi connectivity index (χ0v) is 21.2. The Bertz CT molecular complexity index is 1270. The molecular weight excluding hydrogens is 499 g/mol. The quantitative estimate of drug-likeness (QED) is 0.365. The predicted molar refractivity (Wildman–Crippen MR) is 135 cm³/mol. The molecule has 0 saturated heterocycles. The molecule has 0 bridgehead atoms. The van der Waals surface area contributed by atoms with Crippen molar-refractivity contribution in [3.05, 3.63) is 58.7 Å². The number of rotatable bonds is 11. The van der Waals surface area contributed by atoms with Crippen LogP contribution < -0.4 is 15.4 Å². The van der Waals surface area contributed by atoms with Gasteiger partial charge in [-0.25, -0.2) is 8.42 Å². The van der Waals surface area contributed by atoms with Crippen molar-refractivity contribution in [3.8, 4) is 5.75 Å². The fraction of sp³-hybridized carbons (Fsp3) is 0.304. The summed E-state index contributed by atoms with van der Waals surface area (Å²) in [6.07, 6.45) is 2.35. The predicted octanol–water partition coefficient (Wildman–Crippen LogP) is 4.18. The van der Waals surface area contributed by atoms with Gasteiger partial charge >= 0.3 is 0 Å². The van der Waals surface area contributed by atoms with Crippen LogP contribution in [0.4, 0.5) is 5.69 Å². The number of anilines is 1. The van der Waals surface area contributed by atoms with E-state index in [4.69, 9.17) is 27.9 Å². The van der Waals surface area contributed by atoms with Gasteiger partial charge in [0, 0.05) is 42.4 Å². The van der Waals surface area contributed by atoms with Crippen LogP contribution in [0.5, 0.6) is 5.75 Å². The topological polar surface area (TPSA) is 101 Å². The number of likely N-dealkylation sites (N-methyl/N-ethyl adjacent to an activating group) is 1. The molecule has 0 aliphatic rings. The highest BCUT2D eigenvalue weighted by molar-refractivity contribution is 7.89. The molecule has 11 heteroatoms. The van der Waals surface area contributed by atoms with Crippen LogP contribution in [-0.4, -0.2) is 56.9 Å². The normalized spacial score (nSPS) is 11.6. The molecule has 0 saturated carbocycles. The summed E-state index contributed by atoms with van der Waals surface area (Å²) in [6.45, 7) is 2.91. The first-order valence-corrected chi connectivity index (χ1v) is 12.9. The molecule has 0 fully saturated rings. The van der Waals surface area contributed by atoms with Gasteiger partial charge in [0.05, 0.1) is 28.6 Å². The Kier molecular flexibility index (Phi) is 8.96. The van der Waals surface area contributed by atoms with E-state index in [1.165, 1.54) is 25.2 Å². The van der Waals surface area contributed by atoms with Gasteiger partial charge in [0.25, 0.3) is 0 Å². The van der Waals surface area contributed by atoms with Crippen molar-refractivity contribution in [2.75, 3.05) is 38.6 Å². The summed E-state index contributed by atoms with van der Waals surface area (Å²) in [7, 11) is -2.53. The van der Waals surface area contributed by atoms with Crippen LogP contribution in [0.3, 0.4) is 0 Å². The maximum absolute atomic E-state index is 12.8. The molecule has 0 aliphatic heterocycles. The van der Waals surface area contributed by atoms with Gasteiger partial charge in [-0.3, -0.25) is 9.78 Å². The van der Waals surface area contributed by atoms with Crippen molar-refractivity contribution in [3.63, 3.8) is 0 Å². The number of amides is 1. The fourth-order valence-electron chi connectivity index (χ4n) is 3.25. The molecule has 3 rings (SSSR count). The molecule has 0 aliphatic carbocycles. The van der Waals surface area contributed by atoms with E-state index in [0.29, 0.717) is 36.9 Å². The second kappa shape index (κ2) is 11.7. The smallest absolute Gasteiger partial charge is 0.243 e. The maximum Gasteiger partial charge on any atom is 0.243 e. The van der Waals surface area contributed by atoms with Gasteiger partial charge in [0.2, 0.25) is 15.9 Å². The summed E-state index contributed by atoms with van der Waals surface area (Å²) >= 11 is 12.1. The molecule has 0 unspecified atom stereocenters. The van der Waals surface area contributed by atoms with Gasteiger partial charge in [-0.05, 0) is 55.8 Å². The van der Waals surface area contributed by atoms with Gasteiger partial charge in [-0.1, -0.05) is 23.2 Å². The summed E-state index contributed by atoms with van der Waals surface area (Å²) in [5.74, 6) is 0.00722. The minimum atomic E-state index is -3.88. The van der Waals surface area contributed by atoms with Gasteiger partial charge < -0.3 is 15.4 Å². The average molecular weight is 525 g/mol. The molecule has 34 heavy (non-hydrogen) atoms. The number of hydrogen-bond acceptors (Lipinski definition) is 6.